The molecule has 1 saturated heterocycles. The largest absolute Gasteiger partial charge is 0.481 e. The van der Waals surface area contributed by atoms with Crippen molar-refractivity contribution in [3.63, 3.8) is 0 Å². The summed E-state index contributed by atoms with van der Waals surface area (Å²) in [6.07, 6.45) is 3.52. The fourth-order valence-electron chi connectivity index (χ4n) is 2.98. The van der Waals surface area contributed by atoms with Gasteiger partial charge >= 0.3 is 5.97 Å². The summed E-state index contributed by atoms with van der Waals surface area (Å²) in [7, 11) is 0. The Kier molecular flexibility index (Phi) is 4.97. The number of hydrogen-bond acceptors (Lipinski definition) is 2. The lowest BCUT2D eigenvalue weighted by molar-refractivity contribution is -0.138. The van der Waals surface area contributed by atoms with E-state index in [1.54, 1.807) is 0 Å². The molecule has 0 radical (unpaired) electrons. The van der Waals surface area contributed by atoms with Gasteiger partial charge in [-0.15, -0.1) is 0 Å². The van der Waals surface area contributed by atoms with Crippen molar-refractivity contribution in [2.45, 2.75) is 38.6 Å². The highest BCUT2D eigenvalue weighted by atomic mass is 16.4. The van der Waals surface area contributed by atoms with Crippen LogP contribution in [0.15, 0.2) is 30.3 Å². The highest BCUT2D eigenvalue weighted by Gasteiger charge is 2.25. The Labute approximate surface area is 115 Å². The molecule has 3 heteroatoms. The molecule has 19 heavy (non-hydrogen) atoms. The average Bonchev–Trinajstić information content (AvgIpc) is 2.39. The smallest absolute Gasteiger partial charge is 0.304 e. The minimum Gasteiger partial charge on any atom is -0.481 e. The Bertz CT molecular complexity index is 404. The second kappa shape index (κ2) is 6.71. The number of carboxylic acid groups (broad SMARTS) is 1. The van der Waals surface area contributed by atoms with E-state index < -0.39 is 5.97 Å². The molecule has 1 fully saturated rings. The number of carbonyl (C=O) groups is 1. The summed E-state index contributed by atoms with van der Waals surface area (Å²) in [5.74, 6) is -0.0139. The Balaban J connectivity index is 2.04. The van der Waals surface area contributed by atoms with Gasteiger partial charge in [0.2, 0.25) is 0 Å². The van der Waals surface area contributed by atoms with E-state index in [0.717, 1.165) is 19.5 Å². The van der Waals surface area contributed by atoms with Crippen molar-refractivity contribution in [3.05, 3.63) is 35.9 Å². The summed E-state index contributed by atoms with van der Waals surface area (Å²) in [4.78, 5) is 13.5. The zero-order chi connectivity index (χ0) is 13.7. The van der Waals surface area contributed by atoms with Crippen molar-refractivity contribution in [1.82, 2.24) is 4.90 Å². The first-order chi connectivity index (χ1) is 9.15. The van der Waals surface area contributed by atoms with Crippen LogP contribution in [-0.2, 0) is 11.2 Å². The van der Waals surface area contributed by atoms with Crippen LogP contribution in [0.3, 0.4) is 0 Å². The second-order valence-corrected chi connectivity index (χ2v) is 5.68. The highest BCUT2D eigenvalue weighted by Crippen LogP contribution is 2.21. The molecule has 0 amide bonds. The van der Waals surface area contributed by atoms with E-state index in [0.29, 0.717) is 5.92 Å². The Morgan fingerprint density at radius 3 is 2.79 bits per heavy atom. The molecule has 1 aromatic rings. The highest BCUT2D eigenvalue weighted by molar-refractivity contribution is 5.67. The number of rotatable bonds is 5. The molecule has 2 unspecified atom stereocenters. The van der Waals surface area contributed by atoms with E-state index in [9.17, 15) is 4.79 Å². The predicted molar refractivity (Wildman–Crippen MR) is 76.2 cm³/mol. The molecule has 1 heterocycles. The molecule has 0 spiro atoms. The zero-order valence-corrected chi connectivity index (χ0v) is 11.6. The maximum atomic E-state index is 11.1. The number of carboxylic acids is 1. The lowest BCUT2D eigenvalue weighted by atomic mass is 9.95. The Morgan fingerprint density at radius 1 is 1.42 bits per heavy atom. The van der Waals surface area contributed by atoms with Crippen molar-refractivity contribution in [2.75, 3.05) is 13.1 Å². The maximum absolute atomic E-state index is 11.1. The standard InChI is InChI=1S/C16H23NO2/c1-13-6-5-9-17(12-13)15(11-16(18)19)10-14-7-3-2-4-8-14/h2-4,7-8,13,15H,5-6,9-12H2,1H3,(H,18,19). The van der Waals surface area contributed by atoms with E-state index in [2.05, 4.69) is 24.0 Å². The summed E-state index contributed by atoms with van der Waals surface area (Å²) in [6.45, 7) is 4.33. The molecule has 104 valence electrons. The lowest BCUT2D eigenvalue weighted by Gasteiger charge is -2.36. The molecule has 3 nitrogen and oxygen atoms in total. The fourth-order valence-corrected chi connectivity index (χ4v) is 2.98. The van der Waals surface area contributed by atoms with E-state index in [1.807, 2.05) is 18.2 Å². The normalized spacial score (nSPS) is 22.1. The van der Waals surface area contributed by atoms with Gasteiger partial charge < -0.3 is 5.11 Å². The van der Waals surface area contributed by atoms with Crippen LogP contribution in [0, 0.1) is 5.92 Å². The number of benzene rings is 1. The van der Waals surface area contributed by atoms with Crippen LogP contribution < -0.4 is 0 Å². The van der Waals surface area contributed by atoms with Crippen molar-refractivity contribution >= 4 is 5.97 Å². The number of hydrogen-bond donors (Lipinski definition) is 1. The van der Waals surface area contributed by atoms with Gasteiger partial charge in [0, 0.05) is 12.6 Å². The molecule has 0 saturated carbocycles. The zero-order valence-electron chi connectivity index (χ0n) is 11.6. The average molecular weight is 261 g/mol. The first-order valence-electron chi connectivity index (χ1n) is 7.15. The molecular weight excluding hydrogens is 238 g/mol. The molecule has 2 atom stereocenters. The van der Waals surface area contributed by atoms with Crippen LogP contribution in [0.25, 0.3) is 0 Å². The third kappa shape index (κ3) is 4.35. The quantitative estimate of drug-likeness (QED) is 0.886. The number of aliphatic carboxylic acids is 1. The lowest BCUT2D eigenvalue weighted by Crippen LogP contribution is -2.44. The molecule has 0 aliphatic carbocycles. The van der Waals surface area contributed by atoms with Gasteiger partial charge in [-0.1, -0.05) is 37.3 Å². The SMILES string of the molecule is CC1CCCN(C(CC(=O)O)Cc2ccccc2)C1. The van der Waals surface area contributed by atoms with Crippen molar-refractivity contribution in [3.8, 4) is 0 Å². The second-order valence-electron chi connectivity index (χ2n) is 5.68. The van der Waals surface area contributed by atoms with Crippen LogP contribution in [0.5, 0.6) is 0 Å². The predicted octanol–water partition coefficient (Wildman–Crippen LogP) is 2.80. The van der Waals surface area contributed by atoms with Gasteiger partial charge in [-0.2, -0.15) is 0 Å². The summed E-state index contributed by atoms with van der Waals surface area (Å²) < 4.78 is 0. The number of piperidine rings is 1. The minimum atomic E-state index is -0.695. The first kappa shape index (κ1) is 14.1. The van der Waals surface area contributed by atoms with E-state index in [-0.39, 0.29) is 12.5 Å². The minimum absolute atomic E-state index is 0.127. The van der Waals surface area contributed by atoms with Gasteiger partial charge in [0.05, 0.1) is 6.42 Å². The molecule has 1 aliphatic heterocycles. The Morgan fingerprint density at radius 2 is 2.16 bits per heavy atom. The van der Waals surface area contributed by atoms with Gasteiger partial charge in [-0.25, -0.2) is 0 Å². The molecule has 1 aromatic carbocycles. The summed E-state index contributed by atoms with van der Waals surface area (Å²) in [6, 6.07) is 10.3. The van der Waals surface area contributed by atoms with Crippen molar-refractivity contribution in [1.29, 1.82) is 0 Å². The first-order valence-corrected chi connectivity index (χ1v) is 7.15. The fraction of sp³-hybridized carbons (Fsp3) is 0.562. The molecule has 1 N–H and O–H groups in total. The molecule has 0 bridgehead atoms. The summed E-state index contributed by atoms with van der Waals surface area (Å²) >= 11 is 0. The van der Waals surface area contributed by atoms with E-state index in [4.69, 9.17) is 5.11 Å². The van der Waals surface area contributed by atoms with Crippen LogP contribution in [0.4, 0.5) is 0 Å². The number of likely N-dealkylation sites (tertiary alicyclic amines) is 1. The van der Waals surface area contributed by atoms with Gasteiger partial charge in [0.1, 0.15) is 0 Å². The molecule has 1 aliphatic rings. The van der Waals surface area contributed by atoms with Crippen LogP contribution in [0.2, 0.25) is 0 Å². The molecular formula is C16H23NO2. The summed E-state index contributed by atoms with van der Waals surface area (Å²) in [5, 5.41) is 9.13. The Hall–Kier alpha value is -1.35. The monoisotopic (exact) mass is 261 g/mol. The van der Waals surface area contributed by atoms with Gasteiger partial charge in [0.25, 0.3) is 0 Å². The van der Waals surface area contributed by atoms with Gasteiger partial charge in [-0.3, -0.25) is 9.69 Å². The van der Waals surface area contributed by atoms with E-state index >= 15 is 0 Å². The van der Waals surface area contributed by atoms with Gasteiger partial charge in [0.15, 0.2) is 0 Å². The third-order valence-electron chi connectivity index (χ3n) is 3.93. The molecule has 0 aromatic heterocycles. The van der Waals surface area contributed by atoms with Crippen LogP contribution >= 0.6 is 0 Å². The van der Waals surface area contributed by atoms with E-state index in [1.165, 1.54) is 18.4 Å². The van der Waals surface area contributed by atoms with Crippen molar-refractivity contribution < 1.29 is 9.90 Å². The topological polar surface area (TPSA) is 40.5 Å². The van der Waals surface area contributed by atoms with Crippen LogP contribution in [0.1, 0.15) is 31.7 Å². The van der Waals surface area contributed by atoms with Gasteiger partial charge in [-0.05, 0) is 37.3 Å². The van der Waals surface area contributed by atoms with Crippen molar-refractivity contribution in [2.24, 2.45) is 5.92 Å². The number of nitrogens with zero attached hydrogens (tertiary/aromatic N) is 1. The third-order valence-corrected chi connectivity index (χ3v) is 3.93. The summed E-state index contributed by atoms with van der Waals surface area (Å²) in [5.41, 5.74) is 1.23. The van der Waals surface area contributed by atoms with Crippen LogP contribution in [-0.4, -0.2) is 35.1 Å². The maximum Gasteiger partial charge on any atom is 0.304 e. The molecule has 2 rings (SSSR count).